The fourth-order valence-electron chi connectivity index (χ4n) is 2.59. The number of carbonyl (C=O) groups excluding carboxylic acids is 2. The second-order valence-electron chi connectivity index (χ2n) is 6.68. The highest BCUT2D eigenvalue weighted by Crippen LogP contribution is 2.10. The minimum atomic E-state index is -0.884. The van der Waals surface area contributed by atoms with Crippen LogP contribution in [0, 0.1) is 5.92 Å². The topological polar surface area (TPSA) is 99.0 Å². The van der Waals surface area contributed by atoms with E-state index in [4.69, 9.17) is 9.47 Å². The van der Waals surface area contributed by atoms with Crippen molar-refractivity contribution < 1.29 is 19.1 Å². The molecule has 0 bridgehead atoms. The largest absolute Gasteiger partial charge is 0.458 e. The lowest BCUT2D eigenvalue weighted by Crippen LogP contribution is -2.45. The highest BCUT2D eigenvalue weighted by Gasteiger charge is 2.26. The van der Waals surface area contributed by atoms with Gasteiger partial charge in [-0.15, -0.1) is 11.3 Å². The molecule has 0 radical (unpaired) electrons. The number of alkyl carbamates (subject to hydrolysis) is 1. The molecule has 0 spiro atoms. The van der Waals surface area contributed by atoms with Crippen molar-refractivity contribution in [2.24, 2.45) is 5.92 Å². The molecule has 0 saturated heterocycles. The fourth-order valence-corrected chi connectivity index (χ4v) is 3.32. The van der Waals surface area contributed by atoms with Gasteiger partial charge >= 0.3 is 12.1 Å². The summed E-state index contributed by atoms with van der Waals surface area (Å²) in [5.74, 6) is -0.838. The van der Waals surface area contributed by atoms with Gasteiger partial charge in [-0.25, -0.2) is 14.6 Å². The number of thiazole rings is 1. The number of esters is 1. The lowest BCUT2D eigenvalue weighted by atomic mass is 10.1. The van der Waals surface area contributed by atoms with Crippen molar-refractivity contribution in [3.05, 3.63) is 69.6 Å². The van der Waals surface area contributed by atoms with Crippen LogP contribution in [-0.4, -0.2) is 27.5 Å². The van der Waals surface area contributed by atoms with Crippen LogP contribution in [0.2, 0.25) is 0 Å². The Morgan fingerprint density at radius 3 is 2.66 bits per heavy atom. The summed E-state index contributed by atoms with van der Waals surface area (Å²) in [5.41, 5.74) is 0.943. The van der Waals surface area contributed by atoms with Gasteiger partial charge in [0.1, 0.15) is 19.3 Å². The Bertz CT molecular complexity index is 1040. The average molecular weight is 415 g/mol. The first-order chi connectivity index (χ1) is 13.9. The van der Waals surface area contributed by atoms with Gasteiger partial charge in [0.2, 0.25) is 0 Å². The molecule has 0 aliphatic carbocycles. The number of nitrogens with one attached hydrogen (secondary N) is 1. The minimum Gasteiger partial charge on any atom is -0.458 e. The van der Waals surface area contributed by atoms with Crippen LogP contribution >= 0.6 is 11.3 Å². The third kappa shape index (κ3) is 5.41. The highest BCUT2D eigenvalue weighted by atomic mass is 32.1. The zero-order valence-electron chi connectivity index (χ0n) is 16.0. The summed E-state index contributed by atoms with van der Waals surface area (Å²) >= 11 is 1.31. The molecule has 29 heavy (non-hydrogen) atoms. The third-order valence-corrected chi connectivity index (χ3v) is 4.88. The Hall–Kier alpha value is -3.20. The van der Waals surface area contributed by atoms with Gasteiger partial charge in [0.05, 0.1) is 5.69 Å². The third-order valence-electron chi connectivity index (χ3n) is 4.13. The molecule has 0 saturated carbocycles. The SMILES string of the molecule is CC(C)[C@H](NC(=O)OCc1ccccc1)C(=O)OCc1cc(=O)n2ccsc2n1. The molecule has 8 nitrogen and oxygen atoms in total. The Balaban J connectivity index is 1.57. The van der Waals surface area contributed by atoms with Gasteiger partial charge in [-0.3, -0.25) is 9.20 Å². The molecule has 1 aromatic carbocycles. The summed E-state index contributed by atoms with van der Waals surface area (Å²) in [4.78, 5) is 41.3. The first-order valence-electron chi connectivity index (χ1n) is 9.03. The summed E-state index contributed by atoms with van der Waals surface area (Å²) in [6.45, 7) is 3.51. The Morgan fingerprint density at radius 1 is 1.17 bits per heavy atom. The van der Waals surface area contributed by atoms with Crippen molar-refractivity contribution in [2.45, 2.75) is 33.1 Å². The Labute approximate surface area is 171 Å². The maximum absolute atomic E-state index is 12.5. The number of rotatable bonds is 7. The highest BCUT2D eigenvalue weighted by molar-refractivity contribution is 7.15. The molecule has 0 aliphatic rings. The summed E-state index contributed by atoms with van der Waals surface area (Å²) in [7, 11) is 0. The second-order valence-corrected chi connectivity index (χ2v) is 7.55. The molecule has 152 valence electrons. The van der Waals surface area contributed by atoms with Crippen molar-refractivity contribution in [3.63, 3.8) is 0 Å². The Kier molecular flexibility index (Phi) is 6.61. The fraction of sp³-hybridized carbons (Fsp3) is 0.300. The van der Waals surface area contributed by atoms with Crippen molar-refractivity contribution in [3.8, 4) is 0 Å². The van der Waals surface area contributed by atoms with E-state index in [0.717, 1.165) is 5.56 Å². The van der Waals surface area contributed by atoms with Crippen LogP contribution in [0.25, 0.3) is 4.96 Å². The van der Waals surface area contributed by atoms with Gasteiger partial charge in [0.15, 0.2) is 4.96 Å². The lowest BCUT2D eigenvalue weighted by Gasteiger charge is -2.20. The molecule has 1 atom stereocenters. The molecule has 1 amide bonds. The van der Waals surface area contributed by atoms with Crippen LogP contribution in [0.3, 0.4) is 0 Å². The minimum absolute atomic E-state index is 0.0984. The molecular formula is C20H21N3O5S. The van der Waals surface area contributed by atoms with Crippen LogP contribution in [0.15, 0.2) is 52.8 Å². The first-order valence-corrected chi connectivity index (χ1v) is 9.91. The Morgan fingerprint density at radius 2 is 1.93 bits per heavy atom. The average Bonchev–Trinajstić information content (AvgIpc) is 3.18. The van der Waals surface area contributed by atoms with E-state index in [0.29, 0.717) is 10.7 Å². The molecule has 0 unspecified atom stereocenters. The summed E-state index contributed by atoms with van der Waals surface area (Å²) in [6, 6.07) is 9.66. The van der Waals surface area contributed by atoms with Crippen LogP contribution in [0.4, 0.5) is 4.79 Å². The van der Waals surface area contributed by atoms with Crippen LogP contribution in [-0.2, 0) is 27.5 Å². The number of benzene rings is 1. The second kappa shape index (κ2) is 9.33. The molecule has 0 fully saturated rings. The van der Waals surface area contributed by atoms with E-state index >= 15 is 0 Å². The maximum atomic E-state index is 12.5. The molecule has 1 N–H and O–H groups in total. The van der Waals surface area contributed by atoms with Crippen LogP contribution in [0.1, 0.15) is 25.1 Å². The molecule has 3 rings (SSSR count). The summed E-state index contributed by atoms with van der Waals surface area (Å²) in [5, 5.41) is 4.29. The van der Waals surface area contributed by atoms with Crippen molar-refractivity contribution >= 4 is 28.4 Å². The zero-order valence-corrected chi connectivity index (χ0v) is 16.8. The monoisotopic (exact) mass is 415 g/mol. The van der Waals surface area contributed by atoms with Gasteiger partial charge in [-0.05, 0) is 11.5 Å². The van der Waals surface area contributed by atoms with Crippen LogP contribution in [0.5, 0.6) is 0 Å². The zero-order chi connectivity index (χ0) is 20.8. The summed E-state index contributed by atoms with van der Waals surface area (Å²) in [6.07, 6.45) is 0.922. The molecular weight excluding hydrogens is 394 g/mol. The van der Waals surface area contributed by atoms with Crippen molar-refractivity contribution in [2.75, 3.05) is 0 Å². The molecule has 3 aromatic rings. The van der Waals surface area contributed by atoms with Gasteiger partial charge in [0, 0.05) is 17.6 Å². The number of nitrogens with zero attached hydrogens (tertiary/aromatic N) is 2. The predicted octanol–water partition coefficient (Wildman–Crippen LogP) is 2.75. The molecule has 9 heteroatoms. The molecule has 0 aliphatic heterocycles. The van der Waals surface area contributed by atoms with E-state index in [1.807, 2.05) is 30.3 Å². The smallest absolute Gasteiger partial charge is 0.408 e. The quantitative estimate of drug-likeness (QED) is 0.596. The van der Waals surface area contributed by atoms with Crippen molar-refractivity contribution in [1.29, 1.82) is 0 Å². The number of aromatic nitrogens is 2. The van der Waals surface area contributed by atoms with E-state index in [9.17, 15) is 14.4 Å². The standard InChI is InChI=1S/C20H21N3O5S/c1-13(2)17(22-20(26)28-11-14-6-4-3-5-7-14)18(25)27-12-15-10-16(24)23-8-9-29-19(23)21-15/h3-10,13,17H,11-12H2,1-2H3,(H,22,26)/t17-/m0/s1. The van der Waals surface area contributed by atoms with E-state index in [1.54, 1.807) is 25.4 Å². The summed E-state index contributed by atoms with van der Waals surface area (Å²) < 4.78 is 11.9. The number of fused-ring (bicyclic) bond motifs is 1. The first kappa shape index (κ1) is 20.5. The van der Waals surface area contributed by atoms with E-state index in [-0.39, 0.29) is 24.7 Å². The normalized spacial score (nSPS) is 12.0. The van der Waals surface area contributed by atoms with E-state index in [2.05, 4.69) is 10.3 Å². The van der Waals surface area contributed by atoms with E-state index in [1.165, 1.54) is 21.8 Å². The number of hydrogen-bond acceptors (Lipinski definition) is 7. The molecule has 2 heterocycles. The maximum Gasteiger partial charge on any atom is 0.408 e. The number of amides is 1. The van der Waals surface area contributed by atoms with Gasteiger partial charge in [0.25, 0.3) is 5.56 Å². The number of ether oxygens (including phenoxy) is 2. The van der Waals surface area contributed by atoms with Gasteiger partial charge < -0.3 is 14.8 Å². The van der Waals surface area contributed by atoms with E-state index < -0.39 is 18.1 Å². The van der Waals surface area contributed by atoms with Crippen LogP contribution < -0.4 is 10.9 Å². The number of hydrogen-bond donors (Lipinski definition) is 1. The van der Waals surface area contributed by atoms with Crippen molar-refractivity contribution in [1.82, 2.24) is 14.7 Å². The van der Waals surface area contributed by atoms with Gasteiger partial charge in [-0.1, -0.05) is 44.2 Å². The van der Waals surface area contributed by atoms with Gasteiger partial charge in [-0.2, -0.15) is 0 Å². The molecule has 2 aromatic heterocycles. The lowest BCUT2D eigenvalue weighted by molar-refractivity contribution is -0.148. The predicted molar refractivity (Wildman–Crippen MR) is 108 cm³/mol. The number of carbonyl (C=O) groups is 2.